The minimum atomic E-state index is -0.193. The Morgan fingerprint density at radius 3 is 2.76 bits per heavy atom. The smallest absolute Gasteiger partial charge is 0.138 e. The largest absolute Gasteiger partial charge is 0.329 e. The molecule has 1 heterocycles. The minimum absolute atomic E-state index is 0.193. The second-order valence-corrected chi connectivity index (χ2v) is 5.17. The van der Waals surface area contributed by atoms with Gasteiger partial charge in [0, 0.05) is 12.1 Å². The number of nitrogens with one attached hydrogen (secondary N) is 1. The fraction of sp³-hybridized carbons (Fsp3) is 0.692. The number of rotatable bonds is 4. The summed E-state index contributed by atoms with van der Waals surface area (Å²) >= 11 is 0. The highest BCUT2D eigenvalue weighted by Gasteiger charge is 2.29. The third-order valence-electron chi connectivity index (χ3n) is 3.82. The van der Waals surface area contributed by atoms with E-state index >= 15 is 0 Å². The number of hydrogen-bond donors (Lipinski definition) is 1. The van der Waals surface area contributed by atoms with E-state index in [0.29, 0.717) is 12.1 Å². The van der Waals surface area contributed by atoms with Crippen molar-refractivity contribution in [1.29, 1.82) is 5.26 Å². The van der Waals surface area contributed by atoms with E-state index in [0.717, 1.165) is 5.69 Å². The first-order valence-electron chi connectivity index (χ1n) is 6.56. The molecule has 2 aliphatic carbocycles. The van der Waals surface area contributed by atoms with Gasteiger partial charge < -0.3 is 4.57 Å². The molecule has 0 radical (unpaired) electrons. The summed E-state index contributed by atoms with van der Waals surface area (Å²) in [5.74, 6) is 0. The van der Waals surface area contributed by atoms with Crippen LogP contribution in [0.4, 0.5) is 0 Å². The molecular formula is C13H18N4. The lowest BCUT2D eigenvalue weighted by Gasteiger charge is -2.18. The third-order valence-corrected chi connectivity index (χ3v) is 3.82. The van der Waals surface area contributed by atoms with E-state index < -0.39 is 0 Å². The molecule has 90 valence electrons. The first kappa shape index (κ1) is 10.8. The number of aromatic nitrogens is 2. The van der Waals surface area contributed by atoms with Gasteiger partial charge in [-0.05, 0) is 25.7 Å². The van der Waals surface area contributed by atoms with Crippen molar-refractivity contribution in [2.24, 2.45) is 0 Å². The van der Waals surface area contributed by atoms with E-state index in [4.69, 9.17) is 0 Å². The van der Waals surface area contributed by atoms with Gasteiger partial charge in [-0.1, -0.05) is 12.8 Å². The molecule has 2 fully saturated rings. The second kappa shape index (κ2) is 4.50. The Morgan fingerprint density at radius 1 is 1.35 bits per heavy atom. The summed E-state index contributed by atoms with van der Waals surface area (Å²) < 4.78 is 2.18. The van der Waals surface area contributed by atoms with Gasteiger partial charge in [0.2, 0.25) is 0 Å². The van der Waals surface area contributed by atoms with E-state index in [9.17, 15) is 5.26 Å². The maximum atomic E-state index is 9.33. The van der Waals surface area contributed by atoms with Crippen LogP contribution in [-0.2, 0) is 0 Å². The van der Waals surface area contributed by atoms with Gasteiger partial charge in [0.15, 0.2) is 0 Å². The van der Waals surface area contributed by atoms with Gasteiger partial charge in [-0.3, -0.25) is 5.32 Å². The molecule has 0 aromatic carbocycles. The molecule has 0 aliphatic heterocycles. The summed E-state index contributed by atoms with van der Waals surface area (Å²) in [5.41, 5.74) is 1.04. The lowest BCUT2D eigenvalue weighted by molar-refractivity contribution is 0.473. The summed E-state index contributed by atoms with van der Waals surface area (Å²) in [5, 5.41) is 12.8. The fourth-order valence-electron chi connectivity index (χ4n) is 2.71. The van der Waals surface area contributed by atoms with Crippen molar-refractivity contribution in [2.75, 3.05) is 0 Å². The standard InChI is InChI=1S/C13H18N4/c14-7-12(16-10-3-1-2-4-10)13-8-15-9-17(13)11-5-6-11/h8-12,16H,1-6H2. The van der Waals surface area contributed by atoms with Gasteiger partial charge in [0.1, 0.15) is 6.04 Å². The number of hydrogen-bond acceptors (Lipinski definition) is 3. The lowest BCUT2D eigenvalue weighted by Crippen LogP contribution is -2.31. The van der Waals surface area contributed by atoms with Crippen molar-refractivity contribution in [3.8, 4) is 6.07 Å². The molecule has 0 amide bonds. The molecule has 4 heteroatoms. The van der Waals surface area contributed by atoms with E-state index in [1.54, 1.807) is 0 Å². The maximum absolute atomic E-state index is 9.33. The Kier molecular flexibility index (Phi) is 2.86. The molecule has 0 bridgehead atoms. The average molecular weight is 230 g/mol. The summed E-state index contributed by atoms with van der Waals surface area (Å²) in [7, 11) is 0. The van der Waals surface area contributed by atoms with Crippen LogP contribution in [0.1, 0.15) is 56.3 Å². The fourth-order valence-corrected chi connectivity index (χ4v) is 2.71. The summed E-state index contributed by atoms with van der Waals surface area (Å²) in [4.78, 5) is 4.20. The van der Waals surface area contributed by atoms with Crippen molar-refractivity contribution in [3.63, 3.8) is 0 Å². The zero-order chi connectivity index (χ0) is 11.7. The van der Waals surface area contributed by atoms with Gasteiger partial charge in [-0.25, -0.2) is 4.98 Å². The molecule has 1 aromatic rings. The number of nitrogens with zero attached hydrogens (tertiary/aromatic N) is 3. The second-order valence-electron chi connectivity index (χ2n) is 5.17. The highest BCUT2D eigenvalue weighted by molar-refractivity contribution is 5.16. The molecule has 1 aromatic heterocycles. The Balaban J connectivity index is 1.74. The number of nitriles is 1. The predicted octanol–water partition coefficient (Wildman–Crippen LogP) is 2.31. The molecule has 1 N–H and O–H groups in total. The third kappa shape index (κ3) is 2.20. The van der Waals surface area contributed by atoms with Crippen LogP contribution in [0, 0.1) is 11.3 Å². The van der Waals surface area contributed by atoms with Gasteiger partial charge >= 0.3 is 0 Å². The number of imidazole rings is 1. The van der Waals surface area contributed by atoms with Crippen LogP contribution in [0.5, 0.6) is 0 Å². The van der Waals surface area contributed by atoms with E-state index in [1.165, 1.54) is 38.5 Å². The van der Waals surface area contributed by atoms with Crippen LogP contribution in [0.25, 0.3) is 0 Å². The zero-order valence-electron chi connectivity index (χ0n) is 9.97. The van der Waals surface area contributed by atoms with Crippen molar-refractivity contribution in [1.82, 2.24) is 14.9 Å². The highest BCUT2D eigenvalue weighted by Crippen LogP contribution is 2.37. The first-order valence-corrected chi connectivity index (χ1v) is 6.56. The highest BCUT2D eigenvalue weighted by atomic mass is 15.1. The van der Waals surface area contributed by atoms with Crippen LogP contribution in [0.2, 0.25) is 0 Å². The summed E-state index contributed by atoms with van der Waals surface area (Å²) in [6.07, 6.45) is 11.2. The van der Waals surface area contributed by atoms with Crippen molar-refractivity contribution < 1.29 is 0 Å². The van der Waals surface area contributed by atoms with Gasteiger partial charge in [-0.15, -0.1) is 0 Å². The van der Waals surface area contributed by atoms with Crippen LogP contribution < -0.4 is 5.32 Å². The Hall–Kier alpha value is -1.34. The topological polar surface area (TPSA) is 53.6 Å². The summed E-state index contributed by atoms with van der Waals surface area (Å²) in [6.45, 7) is 0. The van der Waals surface area contributed by atoms with E-state index in [-0.39, 0.29) is 6.04 Å². The quantitative estimate of drug-likeness (QED) is 0.863. The monoisotopic (exact) mass is 230 g/mol. The van der Waals surface area contributed by atoms with Crippen molar-refractivity contribution in [3.05, 3.63) is 18.2 Å². The van der Waals surface area contributed by atoms with E-state index in [1.807, 2.05) is 12.5 Å². The SMILES string of the molecule is N#CC(NC1CCCC1)c1cncn1C1CC1. The van der Waals surface area contributed by atoms with Gasteiger partial charge in [0.05, 0.1) is 24.3 Å². The molecule has 17 heavy (non-hydrogen) atoms. The maximum Gasteiger partial charge on any atom is 0.138 e. The molecule has 2 saturated carbocycles. The van der Waals surface area contributed by atoms with Crippen molar-refractivity contribution in [2.45, 2.75) is 56.7 Å². The molecule has 4 nitrogen and oxygen atoms in total. The molecule has 0 spiro atoms. The van der Waals surface area contributed by atoms with Crippen LogP contribution in [0.3, 0.4) is 0 Å². The molecule has 1 atom stereocenters. The molecule has 1 unspecified atom stereocenters. The van der Waals surface area contributed by atoms with Crippen LogP contribution in [0.15, 0.2) is 12.5 Å². The molecular weight excluding hydrogens is 212 g/mol. The first-order chi connectivity index (χ1) is 8.38. The molecule has 3 rings (SSSR count). The normalized spacial score (nSPS) is 22.5. The Morgan fingerprint density at radius 2 is 2.12 bits per heavy atom. The van der Waals surface area contributed by atoms with E-state index in [2.05, 4.69) is 20.9 Å². The van der Waals surface area contributed by atoms with Gasteiger partial charge in [-0.2, -0.15) is 5.26 Å². The summed E-state index contributed by atoms with van der Waals surface area (Å²) in [6, 6.07) is 3.30. The van der Waals surface area contributed by atoms with Crippen LogP contribution in [-0.4, -0.2) is 15.6 Å². The average Bonchev–Trinajstić information content (AvgIpc) is 2.88. The predicted molar refractivity (Wildman–Crippen MR) is 64.2 cm³/mol. The Bertz CT molecular complexity index is 421. The molecule has 2 aliphatic rings. The van der Waals surface area contributed by atoms with Crippen molar-refractivity contribution >= 4 is 0 Å². The molecule has 0 saturated heterocycles. The Labute approximate surface area is 102 Å². The van der Waals surface area contributed by atoms with Gasteiger partial charge in [0.25, 0.3) is 0 Å². The minimum Gasteiger partial charge on any atom is -0.329 e. The lowest BCUT2D eigenvalue weighted by atomic mass is 10.1. The zero-order valence-corrected chi connectivity index (χ0v) is 9.97. The van der Waals surface area contributed by atoms with Crippen LogP contribution >= 0.6 is 0 Å².